The van der Waals surface area contributed by atoms with Gasteiger partial charge in [-0.3, -0.25) is 0 Å². The molecule has 0 radical (unpaired) electrons. The van der Waals surface area contributed by atoms with Crippen LogP contribution >= 0.6 is 0 Å². The fourth-order valence-electron chi connectivity index (χ4n) is 8.49. The zero-order valence-corrected chi connectivity index (χ0v) is 20.1. The average molecular weight is 421 g/mol. The minimum Gasteiger partial charge on any atom is -0.393 e. The van der Waals surface area contributed by atoms with Crippen LogP contribution in [0.4, 0.5) is 0 Å². The number of rotatable bonds is 3. The normalized spacial score (nSPS) is 43.1. The summed E-state index contributed by atoms with van der Waals surface area (Å²) in [5, 5.41) is 10.3. The molecule has 0 aromatic carbocycles. The Morgan fingerprint density at radius 1 is 1.06 bits per heavy atom. The van der Waals surface area contributed by atoms with Crippen molar-refractivity contribution in [2.75, 3.05) is 0 Å². The Labute approximate surface area is 189 Å². The average Bonchev–Trinajstić information content (AvgIpc) is 3.11. The maximum absolute atomic E-state index is 10.3. The molecule has 3 unspecified atom stereocenters. The fourth-order valence-corrected chi connectivity index (χ4v) is 8.49. The summed E-state index contributed by atoms with van der Waals surface area (Å²) in [5.74, 6) is 3.64. The highest BCUT2D eigenvalue weighted by atomic mass is 16.3. The monoisotopic (exact) mass is 420 g/mol. The molecular weight excluding hydrogens is 378 g/mol. The van der Waals surface area contributed by atoms with Gasteiger partial charge in [0, 0.05) is 18.2 Å². The van der Waals surface area contributed by atoms with Crippen LogP contribution in [0.15, 0.2) is 42.1 Å². The third kappa shape index (κ3) is 3.45. The second kappa shape index (κ2) is 7.87. The predicted octanol–water partition coefficient (Wildman–Crippen LogP) is 6.10. The van der Waals surface area contributed by atoms with E-state index in [1.165, 1.54) is 44.2 Å². The number of aryl methyl sites for hydroxylation is 1. The molecule has 5 rings (SSSR count). The summed E-state index contributed by atoms with van der Waals surface area (Å²) in [6.07, 6.45) is 19.5. The lowest BCUT2D eigenvalue weighted by molar-refractivity contribution is -0.673. The van der Waals surface area contributed by atoms with Crippen LogP contribution in [0.25, 0.3) is 6.08 Å². The van der Waals surface area contributed by atoms with Gasteiger partial charge in [-0.25, -0.2) is 4.57 Å². The highest BCUT2D eigenvalue weighted by molar-refractivity contribution is 5.41. The molecule has 0 amide bonds. The van der Waals surface area contributed by atoms with E-state index in [-0.39, 0.29) is 6.10 Å². The molecule has 31 heavy (non-hydrogen) atoms. The van der Waals surface area contributed by atoms with E-state index >= 15 is 0 Å². The summed E-state index contributed by atoms with van der Waals surface area (Å²) in [4.78, 5) is 0. The van der Waals surface area contributed by atoms with Gasteiger partial charge in [-0.05, 0) is 97.9 Å². The maximum Gasteiger partial charge on any atom is 0.204 e. The van der Waals surface area contributed by atoms with Gasteiger partial charge in [0.25, 0.3) is 0 Å². The van der Waals surface area contributed by atoms with Gasteiger partial charge >= 0.3 is 0 Å². The Bertz CT molecular complexity index is 886. The molecule has 4 aliphatic carbocycles. The minimum atomic E-state index is -0.0585. The van der Waals surface area contributed by atoms with E-state index in [4.69, 9.17) is 0 Å². The van der Waals surface area contributed by atoms with E-state index in [2.05, 4.69) is 75.0 Å². The molecule has 4 aliphatic rings. The van der Waals surface area contributed by atoms with Gasteiger partial charge in [-0.1, -0.05) is 38.5 Å². The quantitative estimate of drug-likeness (QED) is 0.464. The molecule has 168 valence electrons. The van der Waals surface area contributed by atoms with Gasteiger partial charge in [-0.2, -0.15) is 0 Å². The first kappa shape index (κ1) is 21.4. The summed E-state index contributed by atoms with van der Waals surface area (Å²) in [5.41, 5.74) is 3.99. The van der Waals surface area contributed by atoms with Crippen molar-refractivity contribution in [1.82, 2.24) is 0 Å². The summed E-state index contributed by atoms with van der Waals surface area (Å²) in [6.45, 7) is 7.65. The molecular formula is C29H42NO+. The Morgan fingerprint density at radius 2 is 1.84 bits per heavy atom. The van der Waals surface area contributed by atoms with Crippen LogP contribution in [0.5, 0.6) is 0 Å². The smallest absolute Gasteiger partial charge is 0.204 e. The molecule has 0 saturated heterocycles. The second-order valence-electron chi connectivity index (χ2n) is 11.9. The first-order valence-corrected chi connectivity index (χ1v) is 12.8. The van der Waals surface area contributed by atoms with Crippen molar-refractivity contribution in [3.63, 3.8) is 0 Å². The van der Waals surface area contributed by atoms with Gasteiger partial charge in [0.2, 0.25) is 5.69 Å². The third-order valence-electron chi connectivity index (χ3n) is 10.4. The van der Waals surface area contributed by atoms with E-state index in [9.17, 15) is 5.11 Å². The molecule has 3 fully saturated rings. The van der Waals surface area contributed by atoms with E-state index < -0.39 is 0 Å². The number of nitrogens with zero attached hydrogens (tertiary/aromatic N) is 1. The number of fused-ring (bicyclic) bond motifs is 5. The minimum absolute atomic E-state index is 0.0585. The van der Waals surface area contributed by atoms with Gasteiger partial charge in [0.05, 0.1) is 6.10 Å². The van der Waals surface area contributed by atoms with Crippen LogP contribution in [-0.4, -0.2) is 11.2 Å². The standard InChI is InChI=1S/C29H42NO/c1-20(8-10-22-7-5-6-18-30(22)4)25-12-13-26-24-11-9-21-19-23(31)14-16-28(21,2)27(24)15-17-29(25,26)3/h5-8,10-11,18,20-21,23,25-27,31H,9,12-17,19H2,1-4H3/q+1/b10-8+/t20-,21?,23+,25-,26?,27?,28+,29-/m1/s1. The van der Waals surface area contributed by atoms with Crippen molar-refractivity contribution in [2.45, 2.75) is 78.2 Å². The number of aliphatic hydroxyl groups excluding tert-OH is 1. The molecule has 1 aromatic heterocycles. The van der Waals surface area contributed by atoms with Crippen LogP contribution in [0, 0.1) is 40.4 Å². The highest BCUT2D eigenvalue weighted by Gasteiger charge is 2.57. The SMILES string of the molecule is C[C@H](/C=C/c1cccc[n+]1C)[C@H]1CCC2C3=CCC4C[C@@H](O)CC[C@]4(C)C3CC[C@@]21C. The van der Waals surface area contributed by atoms with Gasteiger partial charge in [0.1, 0.15) is 7.05 Å². The zero-order valence-electron chi connectivity index (χ0n) is 20.1. The van der Waals surface area contributed by atoms with Crippen molar-refractivity contribution in [1.29, 1.82) is 0 Å². The van der Waals surface area contributed by atoms with Gasteiger partial charge < -0.3 is 5.11 Å². The Hall–Kier alpha value is -1.41. The zero-order chi connectivity index (χ0) is 21.8. The van der Waals surface area contributed by atoms with Crippen LogP contribution in [0.3, 0.4) is 0 Å². The Kier molecular flexibility index (Phi) is 5.44. The van der Waals surface area contributed by atoms with Crippen molar-refractivity contribution in [2.24, 2.45) is 47.5 Å². The maximum atomic E-state index is 10.3. The molecule has 0 spiro atoms. The number of hydrogen-bond donors (Lipinski definition) is 1. The summed E-state index contributed by atoms with van der Waals surface area (Å²) < 4.78 is 2.21. The van der Waals surface area contributed by atoms with Crippen LogP contribution in [0.1, 0.15) is 77.8 Å². The van der Waals surface area contributed by atoms with E-state index in [1.54, 1.807) is 0 Å². The van der Waals surface area contributed by atoms with E-state index in [0.717, 1.165) is 30.6 Å². The van der Waals surface area contributed by atoms with Crippen molar-refractivity contribution in [3.05, 3.63) is 47.8 Å². The first-order chi connectivity index (χ1) is 14.8. The molecule has 0 bridgehead atoms. The second-order valence-corrected chi connectivity index (χ2v) is 11.9. The van der Waals surface area contributed by atoms with Crippen molar-refractivity contribution in [3.8, 4) is 0 Å². The van der Waals surface area contributed by atoms with Crippen molar-refractivity contribution < 1.29 is 9.67 Å². The van der Waals surface area contributed by atoms with Gasteiger partial charge in [0.15, 0.2) is 6.20 Å². The fraction of sp³-hybridized carbons (Fsp3) is 0.690. The number of aliphatic hydroxyl groups is 1. The third-order valence-corrected chi connectivity index (χ3v) is 10.4. The number of allylic oxidation sites excluding steroid dienone is 3. The molecule has 2 heteroatoms. The molecule has 0 aliphatic heterocycles. The van der Waals surface area contributed by atoms with Gasteiger partial charge in [-0.15, -0.1) is 0 Å². The summed E-state index contributed by atoms with van der Waals surface area (Å²) in [6, 6.07) is 6.43. The van der Waals surface area contributed by atoms with E-state index in [1.807, 2.05) is 5.57 Å². The van der Waals surface area contributed by atoms with Crippen LogP contribution in [0.2, 0.25) is 0 Å². The number of pyridine rings is 1. The van der Waals surface area contributed by atoms with Crippen LogP contribution < -0.4 is 4.57 Å². The molecule has 1 N–H and O–H groups in total. The van der Waals surface area contributed by atoms with Crippen LogP contribution in [-0.2, 0) is 7.05 Å². The topological polar surface area (TPSA) is 24.1 Å². The molecule has 3 saturated carbocycles. The predicted molar refractivity (Wildman–Crippen MR) is 127 cm³/mol. The van der Waals surface area contributed by atoms with Crippen molar-refractivity contribution >= 4 is 6.08 Å². The lowest BCUT2D eigenvalue weighted by atomic mass is 9.47. The lowest BCUT2D eigenvalue weighted by Crippen LogP contribution is -2.49. The molecule has 8 atom stereocenters. The summed E-state index contributed by atoms with van der Waals surface area (Å²) in [7, 11) is 2.13. The molecule has 1 aromatic rings. The highest BCUT2D eigenvalue weighted by Crippen LogP contribution is 2.66. The number of aromatic nitrogens is 1. The summed E-state index contributed by atoms with van der Waals surface area (Å²) >= 11 is 0. The first-order valence-electron chi connectivity index (χ1n) is 12.8. The Balaban J connectivity index is 1.37. The molecule has 2 nitrogen and oxygen atoms in total. The molecule has 1 heterocycles. The lowest BCUT2D eigenvalue weighted by Gasteiger charge is -2.57. The number of hydrogen-bond acceptors (Lipinski definition) is 1. The Morgan fingerprint density at radius 3 is 2.65 bits per heavy atom. The van der Waals surface area contributed by atoms with E-state index in [0.29, 0.717) is 22.7 Å². The largest absolute Gasteiger partial charge is 0.393 e.